The zero-order valence-corrected chi connectivity index (χ0v) is 13.1. The summed E-state index contributed by atoms with van der Waals surface area (Å²) in [5, 5.41) is 1.11. The van der Waals surface area contributed by atoms with Crippen molar-refractivity contribution < 1.29 is 13.2 Å². The van der Waals surface area contributed by atoms with Gasteiger partial charge in [-0.05, 0) is 45.1 Å². The molecule has 0 fully saturated rings. The Kier molecular flexibility index (Phi) is 3.80. The average molecular weight is 371 g/mol. The fourth-order valence-electron chi connectivity index (χ4n) is 2.23. The van der Waals surface area contributed by atoms with Crippen molar-refractivity contribution >= 4 is 37.4 Å². The van der Waals surface area contributed by atoms with Gasteiger partial charge in [0, 0.05) is 20.5 Å². The van der Waals surface area contributed by atoms with Crippen LogP contribution in [-0.2, 0) is 12.6 Å². The van der Waals surface area contributed by atoms with Crippen LogP contribution in [0.1, 0.15) is 16.0 Å². The second-order valence-corrected chi connectivity index (χ2v) is 6.74. The second-order valence-electron chi connectivity index (χ2n) is 4.75. The monoisotopic (exact) mass is 370 g/mol. The molecule has 3 aromatic rings. The molecule has 0 aliphatic carbocycles. The summed E-state index contributed by atoms with van der Waals surface area (Å²) in [6.07, 6.45) is -3.78. The van der Waals surface area contributed by atoms with E-state index in [1.807, 2.05) is 24.3 Å². The van der Waals surface area contributed by atoms with Gasteiger partial charge >= 0.3 is 6.18 Å². The SMILES string of the molecule is FC(F)(F)c1cccc(Cc2cc3cccc(Br)c3s2)c1. The number of alkyl halides is 3. The Morgan fingerprint density at radius 3 is 2.48 bits per heavy atom. The van der Waals surface area contributed by atoms with E-state index in [1.165, 1.54) is 12.1 Å². The van der Waals surface area contributed by atoms with E-state index in [2.05, 4.69) is 15.9 Å². The van der Waals surface area contributed by atoms with Crippen LogP contribution >= 0.6 is 27.3 Å². The standard InChI is InChI=1S/C16H10BrF3S/c17-14-6-2-4-11-9-13(21-15(11)14)8-10-3-1-5-12(7-10)16(18,19)20/h1-7,9H,8H2. The highest BCUT2D eigenvalue weighted by Crippen LogP contribution is 2.34. The van der Waals surface area contributed by atoms with Crippen LogP contribution < -0.4 is 0 Å². The summed E-state index contributed by atoms with van der Waals surface area (Å²) in [4.78, 5) is 1.05. The summed E-state index contributed by atoms with van der Waals surface area (Å²) in [7, 11) is 0. The number of thiophene rings is 1. The quantitative estimate of drug-likeness (QED) is 0.498. The summed E-state index contributed by atoms with van der Waals surface area (Å²) < 4.78 is 40.3. The molecule has 1 aromatic heterocycles. The second kappa shape index (κ2) is 5.46. The molecule has 0 unspecified atom stereocenters. The lowest BCUT2D eigenvalue weighted by molar-refractivity contribution is -0.137. The number of benzene rings is 2. The van der Waals surface area contributed by atoms with Gasteiger partial charge in [-0.2, -0.15) is 13.2 Å². The number of rotatable bonds is 2. The van der Waals surface area contributed by atoms with Gasteiger partial charge < -0.3 is 0 Å². The van der Waals surface area contributed by atoms with Gasteiger partial charge in [0.25, 0.3) is 0 Å². The highest BCUT2D eigenvalue weighted by molar-refractivity contribution is 9.10. The van der Waals surface area contributed by atoms with E-state index in [1.54, 1.807) is 17.4 Å². The molecule has 21 heavy (non-hydrogen) atoms. The van der Waals surface area contributed by atoms with E-state index < -0.39 is 11.7 Å². The molecule has 0 aliphatic heterocycles. The van der Waals surface area contributed by atoms with Crippen LogP contribution in [0.15, 0.2) is 53.0 Å². The molecule has 0 saturated heterocycles. The van der Waals surface area contributed by atoms with E-state index in [4.69, 9.17) is 0 Å². The molecule has 0 saturated carbocycles. The first kappa shape index (κ1) is 14.6. The van der Waals surface area contributed by atoms with Crippen LogP contribution in [0.4, 0.5) is 13.2 Å². The van der Waals surface area contributed by atoms with Crippen LogP contribution in [0, 0.1) is 0 Å². The van der Waals surface area contributed by atoms with Crippen molar-refractivity contribution in [2.24, 2.45) is 0 Å². The van der Waals surface area contributed by atoms with Crippen molar-refractivity contribution in [3.63, 3.8) is 0 Å². The lowest BCUT2D eigenvalue weighted by Gasteiger charge is -2.08. The number of fused-ring (bicyclic) bond motifs is 1. The molecule has 0 spiro atoms. The molecule has 0 N–H and O–H groups in total. The highest BCUT2D eigenvalue weighted by atomic mass is 79.9. The van der Waals surface area contributed by atoms with Gasteiger partial charge in [-0.3, -0.25) is 0 Å². The third-order valence-electron chi connectivity index (χ3n) is 3.18. The fourth-order valence-corrected chi connectivity index (χ4v) is 3.95. The minimum absolute atomic E-state index is 0.510. The smallest absolute Gasteiger partial charge is 0.166 e. The molecule has 0 bridgehead atoms. The predicted octanol–water partition coefficient (Wildman–Crippen LogP) is 6.27. The van der Waals surface area contributed by atoms with Crippen molar-refractivity contribution in [3.05, 3.63) is 69.0 Å². The van der Waals surface area contributed by atoms with E-state index in [0.29, 0.717) is 12.0 Å². The summed E-state index contributed by atoms with van der Waals surface area (Å²) in [5.74, 6) is 0. The average Bonchev–Trinajstić information content (AvgIpc) is 2.82. The lowest BCUT2D eigenvalue weighted by atomic mass is 10.1. The normalized spacial score (nSPS) is 12.0. The van der Waals surface area contributed by atoms with Crippen LogP contribution in [0.3, 0.4) is 0 Å². The van der Waals surface area contributed by atoms with Gasteiger partial charge in [0.1, 0.15) is 0 Å². The third-order valence-corrected chi connectivity index (χ3v) is 5.29. The van der Waals surface area contributed by atoms with E-state index in [9.17, 15) is 13.2 Å². The zero-order chi connectivity index (χ0) is 15.0. The molecule has 1 heterocycles. The van der Waals surface area contributed by atoms with Crippen molar-refractivity contribution in [1.29, 1.82) is 0 Å². The van der Waals surface area contributed by atoms with Gasteiger partial charge in [0.05, 0.1) is 5.56 Å². The van der Waals surface area contributed by atoms with Gasteiger partial charge in [-0.1, -0.05) is 30.3 Å². The molecule has 108 valence electrons. The number of hydrogen-bond acceptors (Lipinski definition) is 1. The Hall–Kier alpha value is -1.33. The molecule has 0 atom stereocenters. The molecule has 0 aliphatic rings. The summed E-state index contributed by atoms with van der Waals surface area (Å²) >= 11 is 5.10. The number of hydrogen-bond donors (Lipinski definition) is 0. The Balaban J connectivity index is 1.93. The van der Waals surface area contributed by atoms with Gasteiger partial charge in [-0.25, -0.2) is 0 Å². The Labute approximate surface area is 132 Å². The van der Waals surface area contributed by atoms with Gasteiger partial charge in [-0.15, -0.1) is 11.3 Å². The molecule has 0 radical (unpaired) electrons. The maximum Gasteiger partial charge on any atom is 0.416 e. The zero-order valence-electron chi connectivity index (χ0n) is 10.7. The van der Waals surface area contributed by atoms with Gasteiger partial charge in [0.15, 0.2) is 0 Å². The molecule has 0 amide bonds. The molecule has 0 nitrogen and oxygen atoms in total. The van der Waals surface area contributed by atoms with Crippen molar-refractivity contribution in [3.8, 4) is 0 Å². The number of halogens is 4. The predicted molar refractivity (Wildman–Crippen MR) is 83.8 cm³/mol. The van der Waals surface area contributed by atoms with Crippen LogP contribution in [-0.4, -0.2) is 0 Å². The van der Waals surface area contributed by atoms with Crippen molar-refractivity contribution in [2.45, 2.75) is 12.6 Å². The molecular formula is C16H10BrF3S. The largest absolute Gasteiger partial charge is 0.416 e. The maximum absolute atomic E-state index is 12.7. The van der Waals surface area contributed by atoms with Crippen LogP contribution in [0.2, 0.25) is 0 Å². The molecule has 3 rings (SSSR count). The first-order valence-corrected chi connectivity index (χ1v) is 7.87. The Morgan fingerprint density at radius 2 is 1.76 bits per heavy atom. The molecule has 5 heteroatoms. The van der Waals surface area contributed by atoms with Crippen molar-refractivity contribution in [1.82, 2.24) is 0 Å². The summed E-state index contributed by atoms with van der Waals surface area (Å²) in [6, 6.07) is 13.5. The summed E-state index contributed by atoms with van der Waals surface area (Å²) in [6.45, 7) is 0. The van der Waals surface area contributed by atoms with Crippen molar-refractivity contribution in [2.75, 3.05) is 0 Å². The van der Waals surface area contributed by atoms with E-state index in [0.717, 1.165) is 25.5 Å². The minimum atomic E-state index is -4.29. The lowest BCUT2D eigenvalue weighted by Crippen LogP contribution is -2.05. The molecule has 2 aromatic carbocycles. The topological polar surface area (TPSA) is 0 Å². The van der Waals surface area contributed by atoms with E-state index >= 15 is 0 Å². The van der Waals surface area contributed by atoms with E-state index in [-0.39, 0.29) is 0 Å². The summed E-state index contributed by atoms with van der Waals surface area (Å²) in [5.41, 5.74) is 0.0785. The molecular weight excluding hydrogens is 361 g/mol. The fraction of sp³-hybridized carbons (Fsp3) is 0.125. The minimum Gasteiger partial charge on any atom is -0.166 e. The van der Waals surface area contributed by atoms with Crippen LogP contribution in [0.5, 0.6) is 0 Å². The Morgan fingerprint density at radius 1 is 1.00 bits per heavy atom. The first-order chi connectivity index (χ1) is 9.93. The maximum atomic E-state index is 12.7. The first-order valence-electron chi connectivity index (χ1n) is 6.26. The third kappa shape index (κ3) is 3.14. The van der Waals surface area contributed by atoms with Gasteiger partial charge in [0.2, 0.25) is 0 Å². The Bertz CT molecular complexity index is 790. The highest BCUT2D eigenvalue weighted by Gasteiger charge is 2.30. The van der Waals surface area contributed by atoms with Crippen LogP contribution in [0.25, 0.3) is 10.1 Å².